The van der Waals surface area contributed by atoms with E-state index < -0.39 is 0 Å². The van der Waals surface area contributed by atoms with Crippen molar-refractivity contribution in [3.8, 4) is 5.75 Å². The van der Waals surface area contributed by atoms with Gasteiger partial charge < -0.3 is 14.7 Å². The van der Waals surface area contributed by atoms with E-state index in [1.54, 1.807) is 31.4 Å². The largest absolute Gasteiger partial charge is 0.618 e. The smallest absolute Gasteiger partial charge is 0.216 e. The van der Waals surface area contributed by atoms with Gasteiger partial charge in [0.15, 0.2) is 13.0 Å². The quantitative estimate of drug-likeness (QED) is 0.277. The molecule has 0 aliphatic heterocycles. The first-order valence-corrected chi connectivity index (χ1v) is 5.97. The minimum Gasteiger partial charge on any atom is -0.618 e. The minimum atomic E-state index is -0.373. The normalized spacial score (nSPS) is 11.4. The molecule has 0 amide bonds. The molecule has 0 N–H and O–H groups in total. The lowest BCUT2D eigenvalue weighted by Gasteiger charge is -2.05. The van der Waals surface area contributed by atoms with Gasteiger partial charge in [0.1, 0.15) is 11.6 Å². The second-order valence-electron chi connectivity index (χ2n) is 4.05. The maximum absolute atomic E-state index is 12.8. The number of hydrogen-bond acceptors (Lipinski definition) is 3. The van der Waals surface area contributed by atoms with Crippen LogP contribution in [0.3, 0.4) is 0 Å². The van der Waals surface area contributed by atoms with E-state index in [0.717, 1.165) is 0 Å². The van der Waals surface area contributed by atoms with Crippen molar-refractivity contribution in [3.63, 3.8) is 0 Å². The van der Waals surface area contributed by atoms with Crippen LogP contribution in [0.4, 0.5) is 10.1 Å². The van der Waals surface area contributed by atoms with Crippen molar-refractivity contribution >= 4 is 11.9 Å². The van der Waals surface area contributed by atoms with Gasteiger partial charge in [0.25, 0.3) is 0 Å². The van der Waals surface area contributed by atoms with Crippen molar-refractivity contribution in [2.45, 2.75) is 0 Å². The molecule has 5 heteroatoms. The van der Waals surface area contributed by atoms with E-state index in [9.17, 15) is 9.60 Å². The zero-order chi connectivity index (χ0) is 14.4. The van der Waals surface area contributed by atoms with Crippen molar-refractivity contribution in [1.29, 1.82) is 0 Å². The SMILES string of the molecule is COCOc1ccc(C=[N+]([O-])c2ccc(F)cc2)cc1. The molecule has 0 bridgehead atoms. The molecule has 20 heavy (non-hydrogen) atoms. The van der Waals surface area contributed by atoms with Gasteiger partial charge in [0.05, 0.1) is 0 Å². The third-order valence-corrected chi connectivity index (χ3v) is 2.57. The molecule has 0 saturated heterocycles. The molecule has 0 saturated carbocycles. The van der Waals surface area contributed by atoms with E-state index in [2.05, 4.69) is 0 Å². The molecule has 0 atom stereocenters. The maximum atomic E-state index is 12.8. The second-order valence-corrected chi connectivity index (χ2v) is 4.05. The van der Waals surface area contributed by atoms with Gasteiger partial charge in [0, 0.05) is 24.8 Å². The number of benzene rings is 2. The second kappa shape index (κ2) is 6.68. The summed E-state index contributed by atoms with van der Waals surface area (Å²) in [6.45, 7) is 0.173. The predicted molar refractivity (Wildman–Crippen MR) is 73.8 cm³/mol. The summed E-state index contributed by atoms with van der Waals surface area (Å²) in [6, 6.07) is 12.3. The molecule has 0 unspecified atom stereocenters. The molecule has 0 heterocycles. The lowest BCUT2D eigenvalue weighted by atomic mass is 10.2. The van der Waals surface area contributed by atoms with Crippen LogP contribution < -0.4 is 4.74 Å². The Hall–Kier alpha value is -2.40. The van der Waals surface area contributed by atoms with Crippen molar-refractivity contribution in [2.75, 3.05) is 13.9 Å². The van der Waals surface area contributed by atoms with Crippen molar-refractivity contribution in [2.24, 2.45) is 0 Å². The zero-order valence-corrected chi connectivity index (χ0v) is 11.0. The predicted octanol–water partition coefficient (Wildman–Crippen LogP) is 3.07. The van der Waals surface area contributed by atoms with E-state index >= 15 is 0 Å². The fraction of sp³-hybridized carbons (Fsp3) is 0.133. The molecule has 2 aromatic carbocycles. The summed E-state index contributed by atoms with van der Waals surface area (Å²) in [6.07, 6.45) is 1.41. The monoisotopic (exact) mass is 275 g/mol. The Morgan fingerprint density at radius 1 is 1.10 bits per heavy atom. The van der Waals surface area contributed by atoms with Crippen molar-refractivity contribution < 1.29 is 18.6 Å². The summed E-state index contributed by atoms with van der Waals surface area (Å²) in [5.41, 5.74) is 1.08. The van der Waals surface area contributed by atoms with Crippen LogP contribution in [0.1, 0.15) is 5.56 Å². The van der Waals surface area contributed by atoms with Gasteiger partial charge in [-0.25, -0.2) is 4.39 Å². The Morgan fingerprint density at radius 3 is 2.35 bits per heavy atom. The third kappa shape index (κ3) is 3.80. The number of hydrogen-bond donors (Lipinski definition) is 0. The van der Waals surface area contributed by atoms with Crippen LogP contribution in [0.5, 0.6) is 5.75 Å². The van der Waals surface area contributed by atoms with E-state index in [4.69, 9.17) is 9.47 Å². The standard InChI is InChI=1S/C15H14FNO3/c1-19-11-20-15-8-2-12(3-9-15)10-17(18)14-6-4-13(16)5-7-14/h2-10H,11H2,1H3. The maximum Gasteiger partial charge on any atom is 0.216 e. The molecule has 2 rings (SSSR count). The highest BCUT2D eigenvalue weighted by atomic mass is 19.1. The van der Waals surface area contributed by atoms with Crippen LogP contribution in [-0.2, 0) is 4.74 Å². The molecule has 2 aromatic rings. The van der Waals surface area contributed by atoms with Gasteiger partial charge in [-0.15, -0.1) is 0 Å². The molecular weight excluding hydrogens is 261 g/mol. The molecule has 0 radical (unpaired) electrons. The van der Waals surface area contributed by atoms with Crippen LogP contribution in [0.25, 0.3) is 0 Å². The molecular formula is C15H14FNO3. The molecule has 104 valence electrons. The molecule has 0 aliphatic carbocycles. The van der Waals surface area contributed by atoms with Gasteiger partial charge >= 0.3 is 0 Å². The lowest BCUT2D eigenvalue weighted by Crippen LogP contribution is -2.00. The van der Waals surface area contributed by atoms with Crippen LogP contribution >= 0.6 is 0 Å². The molecule has 4 nitrogen and oxygen atoms in total. The van der Waals surface area contributed by atoms with Crippen molar-refractivity contribution in [3.05, 3.63) is 65.1 Å². The van der Waals surface area contributed by atoms with Crippen LogP contribution in [0, 0.1) is 11.0 Å². The Kier molecular flexibility index (Phi) is 4.68. The lowest BCUT2D eigenvalue weighted by molar-refractivity contribution is -0.354. The Bertz CT molecular complexity index is 579. The average Bonchev–Trinajstić information content (AvgIpc) is 2.47. The first kappa shape index (κ1) is 14.0. The third-order valence-electron chi connectivity index (χ3n) is 2.57. The fourth-order valence-corrected chi connectivity index (χ4v) is 1.58. The number of rotatable bonds is 5. The Labute approximate surface area is 116 Å². The first-order valence-electron chi connectivity index (χ1n) is 5.97. The Balaban J connectivity index is 2.11. The number of nitrogens with zero attached hydrogens (tertiary/aromatic N) is 1. The summed E-state index contributed by atoms with van der Waals surface area (Å²) in [7, 11) is 1.54. The Morgan fingerprint density at radius 2 is 1.75 bits per heavy atom. The van der Waals surface area contributed by atoms with Gasteiger partial charge in [-0.3, -0.25) is 0 Å². The summed E-state index contributed by atoms with van der Waals surface area (Å²) in [4.78, 5) is 0. The summed E-state index contributed by atoms with van der Waals surface area (Å²) < 4.78 is 23.5. The zero-order valence-electron chi connectivity index (χ0n) is 11.0. The average molecular weight is 275 g/mol. The molecule has 0 spiro atoms. The summed E-state index contributed by atoms with van der Waals surface area (Å²) >= 11 is 0. The molecule has 0 fully saturated rings. The molecule has 0 aromatic heterocycles. The van der Waals surface area contributed by atoms with E-state index in [1.807, 2.05) is 0 Å². The van der Waals surface area contributed by atoms with Gasteiger partial charge in [-0.2, -0.15) is 4.74 Å². The van der Waals surface area contributed by atoms with Crippen LogP contribution in [0.15, 0.2) is 48.5 Å². The number of ether oxygens (including phenoxy) is 2. The number of halogens is 1. The van der Waals surface area contributed by atoms with Gasteiger partial charge in [0.2, 0.25) is 5.69 Å². The molecule has 0 aliphatic rings. The highest BCUT2D eigenvalue weighted by Gasteiger charge is 2.02. The van der Waals surface area contributed by atoms with E-state index in [1.165, 1.54) is 30.5 Å². The van der Waals surface area contributed by atoms with Crippen LogP contribution in [0.2, 0.25) is 0 Å². The number of methoxy groups -OCH3 is 1. The fourth-order valence-electron chi connectivity index (χ4n) is 1.58. The van der Waals surface area contributed by atoms with Gasteiger partial charge in [-0.05, 0) is 36.4 Å². The van der Waals surface area contributed by atoms with E-state index in [0.29, 0.717) is 21.7 Å². The first-order chi connectivity index (χ1) is 9.69. The summed E-state index contributed by atoms with van der Waals surface area (Å²) in [5, 5.41) is 11.9. The van der Waals surface area contributed by atoms with Crippen LogP contribution in [-0.4, -0.2) is 24.9 Å². The highest BCUT2D eigenvalue weighted by molar-refractivity contribution is 5.76. The minimum absolute atomic E-state index is 0.173. The highest BCUT2D eigenvalue weighted by Crippen LogP contribution is 2.14. The van der Waals surface area contributed by atoms with Crippen molar-refractivity contribution in [1.82, 2.24) is 0 Å². The van der Waals surface area contributed by atoms with E-state index in [-0.39, 0.29) is 12.6 Å². The summed E-state index contributed by atoms with van der Waals surface area (Å²) in [5.74, 6) is 0.282. The van der Waals surface area contributed by atoms with Gasteiger partial charge in [-0.1, -0.05) is 0 Å². The topological polar surface area (TPSA) is 44.5 Å².